The van der Waals surface area contributed by atoms with Gasteiger partial charge in [0, 0.05) is 10.9 Å². The van der Waals surface area contributed by atoms with Crippen LogP contribution in [0.4, 0.5) is 5.13 Å². The van der Waals surface area contributed by atoms with Crippen LogP contribution in [0.2, 0.25) is 0 Å². The largest absolute Gasteiger partial charge is 0.493 e. The van der Waals surface area contributed by atoms with Gasteiger partial charge in [0.1, 0.15) is 5.75 Å². The zero-order valence-corrected chi connectivity index (χ0v) is 16.8. The number of benzene rings is 2. The number of aromatic nitrogens is 1. The maximum atomic E-state index is 5.91. The molecule has 0 aliphatic carbocycles. The summed E-state index contributed by atoms with van der Waals surface area (Å²) in [5.74, 6) is 0.987. The Bertz CT molecular complexity index is 880. The number of hydrogen-bond donors (Lipinski definition) is 1. The molecule has 0 aliphatic heterocycles. The quantitative estimate of drug-likeness (QED) is 0.294. The SMILES string of the molecule is CCCCOc1c(C)cc(C=NNc2nc(-c3ccccc3)cs2)cc1C. The van der Waals surface area contributed by atoms with Gasteiger partial charge in [-0.15, -0.1) is 11.3 Å². The minimum Gasteiger partial charge on any atom is -0.493 e. The van der Waals surface area contributed by atoms with Crippen LogP contribution in [0.1, 0.15) is 36.5 Å². The first-order chi connectivity index (χ1) is 13.2. The Morgan fingerprint density at radius 3 is 2.59 bits per heavy atom. The summed E-state index contributed by atoms with van der Waals surface area (Å²) in [6.45, 7) is 7.08. The van der Waals surface area contributed by atoms with Crippen molar-refractivity contribution in [2.45, 2.75) is 33.6 Å². The van der Waals surface area contributed by atoms with Gasteiger partial charge in [0.15, 0.2) is 0 Å². The van der Waals surface area contributed by atoms with Crippen LogP contribution in [0.15, 0.2) is 52.9 Å². The summed E-state index contributed by atoms with van der Waals surface area (Å²) in [5.41, 5.74) is 8.40. The molecule has 0 amide bonds. The average Bonchev–Trinajstić information content (AvgIpc) is 3.14. The van der Waals surface area contributed by atoms with Crippen molar-refractivity contribution in [3.05, 3.63) is 64.5 Å². The average molecular weight is 380 g/mol. The molecule has 0 unspecified atom stereocenters. The summed E-state index contributed by atoms with van der Waals surface area (Å²) in [6, 6.07) is 14.3. The van der Waals surface area contributed by atoms with Crippen molar-refractivity contribution in [3.8, 4) is 17.0 Å². The lowest BCUT2D eigenvalue weighted by molar-refractivity contribution is 0.305. The third kappa shape index (κ3) is 5.17. The van der Waals surface area contributed by atoms with Gasteiger partial charge in [-0.05, 0) is 49.1 Å². The molecule has 0 fully saturated rings. The molecule has 1 heterocycles. The van der Waals surface area contributed by atoms with Crippen molar-refractivity contribution < 1.29 is 4.74 Å². The van der Waals surface area contributed by atoms with Crippen molar-refractivity contribution in [2.75, 3.05) is 12.0 Å². The maximum absolute atomic E-state index is 5.91. The highest BCUT2D eigenvalue weighted by Crippen LogP contribution is 2.26. The van der Waals surface area contributed by atoms with Crippen LogP contribution in [0.3, 0.4) is 0 Å². The predicted molar refractivity (Wildman–Crippen MR) is 115 cm³/mol. The summed E-state index contributed by atoms with van der Waals surface area (Å²) >= 11 is 1.54. The summed E-state index contributed by atoms with van der Waals surface area (Å²) < 4.78 is 5.91. The molecule has 5 heteroatoms. The molecule has 3 aromatic rings. The van der Waals surface area contributed by atoms with Crippen LogP contribution in [-0.2, 0) is 0 Å². The van der Waals surface area contributed by atoms with Crippen molar-refractivity contribution >= 4 is 22.7 Å². The fourth-order valence-electron chi connectivity index (χ4n) is 2.83. The lowest BCUT2D eigenvalue weighted by Gasteiger charge is -2.12. The summed E-state index contributed by atoms with van der Waals surface area (Å²) in [5, 5.41) is 7.15. The van der Waals surface area contributed by atoms with Crippen LogP contribution in [0, 0.1) is 13.8 Å². The number of unbranched alkanes of at least 4 members (excludes halogenated alkanes) is 1. The highest BCUT2D eigenvalue weighted by Gasteiger charge is 2.06. The maximum Gasteiger partial charge on any atom is 0.203 e. The van der Waals surface area contributed by atoms with Crippen LogP contribution < -0.4 is 10.2 Å². The number of rotatable bonds is 8. The summed E-state index contributed by atoms with van der Waals surface area (Å²) in [6.07, 6.45) is 4.03. The number of nitrogens with zero attached hydrogens (tertiary/aromatic N) is 2. The highest BCUT2D eigenvalue weighted by atomic mass is 32.1. The first-order valence-corrected chi connectivity index (χ1v) is 10.1. The standard InChI is InChI=1S/C22H25N3OS/c1-4-5-11-26-21-16(2)12-18(13-17(21)3)14-23-25-22-24-20(15-27-22)19-9-7-6-8-10-19/h6-10,12-15H,4-5,11H2,1-3H3,(H,24,25). The van der Waals surface area contributed by atoms with E-state index in [-0.39, 0.29) is 0 Å². The van der Waals surface area contributed by atoms with E-state index in [1.165, 1.54) is 0 Å². The molecule has 4 nitrogen and oxygen atoms in total. The van der Waals surface area contributed by atoms with E-state index in [4.69, 9.17) is 4.74 Å². The van der Waals surface area contributed by atoms with Gasteiger partial charge in [0.25, 0.3) is 0 Å². The van der Waals surface area contributed by atoms with Gasteiger partial charge >= 0.3 is 0 Å². The predicted octanol–water partition coefficient (Wildman–Crippen LogP) is 6.05. The number of nitrogens with one attached hydrogen (secondary N) is 1. The molecule has 3 rings (SSSR count). The molecule has 0 saturated heterocycles. The Labute approximate surface area is 164 Å². The summed E-state index contributed by atoms with van der Waals surface area (Å²) in [4.78, 5) is 4.58. The van der Waals surface area contributed by atoms with Gasteiger partial charge in [-0.25, -0.2) is 4.98 Å². The van der Waals surface area contributed by atoms with Crippen LogP contribution >= 0.6 is 11.3 Å². The van der Waals surface area contributed by atoms with Crippen LogP contribution in [0.5, 0.6) is 5.75 Å². The van der Waals surface area contributed by atoms with Gasteiger partial charge in [-0.2, -0.15) is 5.10 Å². The molecule has 0 spiro atoms. The molecule has 140 valence electrons. The molecule has 27 heavy (non-hydrogen) atoms. The first kappa shape index (κ1) is 19.1. The lowest BCUT2D eigenvalue weighted by atomic mass is 10.1. The normalized spacial score (nSPS) is 11.1. The van der Waals surface area contributed by atoms with Crippen LogP contribution in [-0.4, -0.2) is 17.8 Å². The molecule has 2 aromatic carbocycles. The van der Waals surface area contributed by atoms with Gasteiger partial charge in [0.05, 0.1) is 18.5 Å². The second kappa shape index (κ2) is 9.33. The van der Waals surface area contributed by atoms with E-state index in [2.05, 4.69) is 60.5 Å². The minimum absolute atomic E-state index is 0.765. The molecule has 0 atom stereocenters. The second-order valence-electron chi connectivity index (χ2n) is 6.46. The zero-order chi connectivity index (χ0) is 19.1. The van der Waals surface area contributed by atoms with E-state index >= 15 is 0 Å². The number of hydrogen-bond acceptors (Lipinski definition) is 5. The summed E-state index contributed by atoms with van der Waals surface area (Å²) in [7, 11) is 0. The topological polar surface area (TPSA) is 46.5 Å². The Hall–Kier alpha value is -2.66. The van der Waals surface area contributed by atoms with Gasteiger partial charge in [-0.3, -0.25) is 5.43 Å². The van der Waals surface area contributed by atoms with E-state index in [1.54, 1.807) is 11.3 Å². The Balaban J connectivity index is 1.64. The molecule has 0 radical (unpaired) electrons. The van der Waals surface area contributed by atoms with Crippen LogP contribution in [0.25, 0.3) is 11.3 Å². The number of thiazole rings is 1. The first-order valence-electron chi connectivity index (χ1n) is 9.21. The van der Waals surface area contributed by atoms with Crippen molar-refractivity contribution in [2.24, 2.45) is 5.10 Å². The van der Waals surface area contributed by atoms with Gasteiger partial charge in [-0.1, -0.05) is 43.7 Å². The van der Waals surface area contributed by atoms with E-state index in [0.29, 0.717) is 0 Å². The molecular formula is C22H25N3OS. The highest BCUT2D eigenvalue weighted by molar-refractivity contribution is 7.14. The monoisotopic (exact) mass is 379 g/mol. The Morgan fingerprint density at radius 2 is 1.89 bits per heavy atom. The Morgan fingerprint density at radius 1 is 1.15 bits per heavy atom. The van der Waals surface area contributed by atoms with E-state index in [9.17, 15) is 0 Å². The number of anilines is 1. The Kier molecular flexibility index (Phi) is 6.60. The molecule has 0 bridgehead atoms. The van der Waals surface area contributed by atoms with E-state index in [0.717, 1.165) is 58.3 Å². The van der Waals surface area contributed by atoms with Crippen molar-refractivity contribution in [3.63, 3.8) is 0 Å². The second-order valence-corrected chi connectivity index (χ2v) is 7.32. The number of ether oxygens (including phenoxy) is 1. The fraction of sp³-hybridized carbons (Fsp3) is 0.273. The van der Waals surface area contributed by atoms with Gasteiger partial charge < -0.3 is 4.74 Å². The molecule has 1 N–H and O–H groups in total. The van der Waals surface area contributed by atoms with Gasteiger partial charge in [0.2, 0.25) is 5.13 Å². The molecule has 0 aliphatic rings. The van der Waals surface area contributed by atoms with E-state index in [1.807, 2.05) is 29.8 Å². The smallest absolute Gasteiger partial charge is 0.203 e. The third-order valence-electron chi connectivity index (χ3n) is 4.17. The molecule has 0 saturated carbocycles. The van der Waals surface area contributed by atoms with E-state index < -0.39 is 0 Å². The zero-order valence-electron chi connectivity index (χ0n) is 16.0. The fourth-order valence-corrected chi connectivity index (χ4v) is 3.50. The number of aryl methyl sites for hydroxylation is 2. The minimum atomic E-state index is 0.765. The third-order valence-corrected chi connectivity index (χ3v) is 4.92. The lowest BCUT2D eigenvalue weighted by Crippen LogP contribution is -2.01. The van der Waals surface area contributed by atoms with Crippen molar-refractivity contribution in [1.82, 2.24) is 4.98 Å². The number of hydrazone groups is 1. The molecule has 1 aromatic heterocycles. The molecular weight excluding hydrogens is 354 g/mol. The van der Waals surface area contributed by atoms with Crippen molar-refractivity contribution in [1.29, 1.82) is 0 Å².